The second kappa shape index (κ2) is 7.28. The molecule has 3 aliphatic heterocycles. The van der Waals surface area contributed by atoms with Crippen LogP contribution < -0.4 is 4.90 Å². The number of esters is 1. The van der Waals surface area contributed by atoms with E-state index in [2.05, 4.69) is 5.10 Å². The van der Waals surface area contributed by atoms with Gasteiger partial charge in [-0.25, -0.2) is 9.80 Å². The lowest BCUT2D eigenvalue weighted by molar-refractivity contribution is -0.153. The van der Waals surface area contributed by atoms with Crippen molar-refractivity contribution in [2.24, 2.45) is 5.10 Å². The highest BCUT2D eigenvalue weighted by Gasteiger charge is 2.58. The van der Waals surface area contributed by atoms with Crippen molar-refractivity contribution in [3.8, 4) is 0 Å². The van der Waals surface area contributed by atoms with E-state index in [0.29, 0.717) is 19.4 Å². The maximum Gasteiger partial charge on any atom is 0.344 e. The number of hydrazone groups is 1. The number of fused-ring (bicyclic) bond motifs is 3. The Morgan fingerprint density at radius 2 is 1.83 bits per heavy atom. The lowest BCUT2D eigenvalue weighted by Gasteiger charge is -2.28. The summed E-state index contributed by atoms with van der Waals surface area (Å²) in [5.41, 5.74) is 2.54. The fraction of sp³-hybridized carbons (Fsp3) is 0.273. The van der Waals surface area contributed by atoms with Crippen molar-refractivity contribution < 1.29 is 19.1 Å². The van der Waals surface area contributed by atoms with Crippen LogP contribution in [0, 0.1) is 0 Å². The number of rotatable bonds is 4. The number of anilines is 1. The summed E-state index contributed by atoms with van der Waals surface area (Å²) in [4.78, 5) is 39.3. The molecule has 0 spiro atoms. The first-order chi connectivity index (χ1) is 14.6. The van der Waals surface area contributed by atoms with Crippen molar-refractivity contribution in [1.82, 2.24) is 5.01 Å². The number of benzene rings is 2. The molecule has 152 valence electrons. The number of amides is 2. The average molecular weight is 421 g/mol. The molecular weight excluding hydrogens is 402 g/mol. The predicted molar refractivity (Wildman–Crippen MR) is 112 cm³/mol. The van der Waals surface area contributed by atoms with Gasteiger partial charge in [-0.05, 0) is 17.7 Å². The van der Waals surface area contributed by atoms with Crippen molar-refractivity contribution in [3.05, 3.63) is 60.2 Å². The van der Waals surface area contributed by atoms with Gasteiger partial charge in [-0.2, -0.15) is 5.10 Å². The van der Waals surface area contributed by atoms with Crippen molar-refractivity contribution in [3.63, 3.8) is 0 Å². The van der Waals surface area contributed by atoms with E-state index in [0.717, 1.165) is 21.9 Å². The smallest absolute Gasteiger partial charge is 0.344 e. The molecule has 7 nitrogen and oxygen atoms in total. The highest BCUT2D eigenvalue weighted by atomic mass is 32.2. The van der Waals surface area contributed by atoms with Gasteiger partial charge < -0.3 is 4.74 Å². The second-order valence-electron chi connectivity index (χ2n) is 7.34. The van der Waals surface area contributed by atoms with Crippen molar-refractivity contribution >= 4 is 40.9 Å². The van der Waals surface area contributed by atoms with E-state index in [9.17, 15) is 14.4 Å². The monoisotopic (exact) mass is 421 g/mol. The van der Waals surface area contributed by atoms with Gasteiger partial charge in [0.05, 0.1) is 17.9 Å². The quantitative estimate of drug-likeness (QED) is 0.710. The topological polar surface area (TPSA) is 79.3 Å². The molecule has 3 heterocycles. The van der Waals surface area contributed by atoms with Crippen LogP contribution in [0.3, 0.4) is 0 Å². The summed E-state index contributed by atoms with van der Waals surface area (Å²) in [5.74, 6) is -1.04. The van der Waals surface area contributed by atoms with Gasteiger partial charge in [-0.3, -0.25) is 14.5 Å². The Bertz CT molecular complexity index is 1070. The van der Waals surface area contributed by atoms with Crippen LogP contribution in [0.15, 0.2) is 64.6 Å². The molecule has 0 unspecified atom stereocenters. The van der Waals surface area contributed by atoms with Crippen LogP contribution in [0.2, 0.25) is 0 Å². The van der Waals surface area contributed by atoms with Crippen LogP contribution in [0.25, 0.3) is 0 Å². The van der Waals surface area contributed by atoms with Gasteiger partial charge in [0, 0.05) is 24.2 Å². The lowest BCUT2D eigenvalue weighted by atomic mass is 10.1. The van der Waals surface area contributed by atoms with Gasteiger partial charge in [-0.1, -0.05) is 54.2 Å². The van der Waals surface area contributed by atoms with Crippen LogP contribution in [0.5, 0.6) is 0 Å². The van der Waals surface area contributed by atoms with E-state index < -0.39 is 17.4 Å². The molecule has 1 saturated heterocycles. The number of carbonyl (C=O) groups is 3. The molecule has 0 aliphatic carbocycles. The largest absolute Gasteiger partial charge is 0.453 e. The molecular formula is C22H19N3O4S. The number of nitrogens with zero attached hydrogens (tertiary/aromatic N) is 3. The maximum absolute atomic E-state index is 13.0. The lowest BCUT2D eigenvalue weighted by Crippen LogP contribution is -2.48. The number of carbonyl (C=O) groups excluding carboxylic acids is 3. The summed E-state index contributed by atoms with van der Waals surface area (Å²) in [6.07, 6.45) is 1.29. The van der Waals surface area contributed by atoms with Gasteiger partial charge in [-0.15, -0.1) is 0 Å². The molecule has 5 rings (SSSR count). The molecule has 0 saturated carbocycles. The van der Waals surface area contributed by atoms with E-state index in [1.54, 1.807) is 0 Å². The first-order valence-corrected chi connectivity index (χ1v) is 10.6. The van der Waals surface area contributed by atoms with Crippen molar-refractivity contribution in [2.45, 2.75) is 29.0 Å². The van der Waals surface area contributed by atoms with Gasteiger partial charge >= 0.3 is 5.97 Å². The van der Waals surface area contributed by atoms with Gasteiger partial charge in [0.1, 0.15) is 0 Å². The highest BCUT2D eigenvalue weighted by Crippen LogP contribution is 2.56. The van der Waals surface area contributed by atoms with Crippen LogP contribution in [0.4, 0.5) is 5.69 Å². The van der Waals surface area contributed by atoms with Crippen molar-refractivity contribution in [1.29, 1.82) is 0 Å². The number of hydrogen-bond donors (Lipinski definition) is 0. The zero-order valence-corrected chi connectivity index (χ0v) is 16.9. The third-order valence-corrected chi connectivity index (χ3v) is 6.97. The predicted octanol–water partition coefficient (Wildman–Crippen LogP) is 2.80. The fourth-order valence-electron chi connectivity index (χ4n) is 4.06. The molecule has 2 aromatic carbocycles. The molecule has 8 heteroatoms. The van der Waals surface area contributed by atoms with Gasteiger partial charge in [0.2, 0.25) is 5.91 Å². The number of para-hydroxylation sites is 1. The SMILES string of the molecule is O=C(COC(=O)[C@@]12CCC(=O)N1c1ccccc1S2)N1CCC(c2ccccc2)=N1. The summed E-state index contributed by atoms with van der Waals surface area (Å²) in [6.45, 7) is 0.0572. The Morgan fingerprint density at radius 3 is 2.67 bits per heavy atom. The van der Waals surface area contributed by atoms with E-state index in [-0.39, 0.29) is 18.2 Å². The Balaban J connectivity index is 1.27. The molecule has 0 aromatic heterocycles. The van der Waals surface area contributed by atoms with Crippen LogP contribution in [-0.2, 0) is 19.1 Å². The van der Waals surface area contributed by atoms with Gasteiger partial charge in [0.25, 0.3) is 5.91 Å². The minimum absolute atomic E-state index is 0.104. The molecule has 2 amide bonds. The average Bonchev–Trinajstić information content (AvgIpc) is 3.47. The number of ether oxygens (including phenoxy) is 1. The minimum Gasteiger partial charge on any atom is -0.453 e. The molecule has 1 fully saturated rings. The first kappa shape index (κ1) is 18.9. The van der Waals surface area contributed by atoms with E-state index >= 15 is 0 Å². The first-order valence-electron chi connectivity index (χ1n) is 9.80. The maximum atomic E-state index is 13.0. The van der Waals surface area contributed by atoms with E-state index in [1.165, 1.54) is 21.7 Å². The molecule has 30 heavy (non-hydrogen) atoms. The Kier molecular flexibility index (Phi) is 4.58. The summed E-state index contributed by atoms with van der Waals surface area (Å²) in [7, 11) is 0. The summed E-state index contributed by atoms with van der Waals surface area (Å²) >= 11 is 1.33. The van der Waals surface area contributed by atoms with Crippen molar-refractivity contribution in [2.75, 3.05) is 18.1 Å². The molecule has 1 atom stereocenters. The zero-order chi connectivity index (χ0) is 20.7. The zero-order valence-electron chi connectivity index (χ0n) is 16.1. The van der Waals surface area contributed by atoms with Crippen LogP contribution in [-0.4, -0.2) is 46.5 Å². The molecule has 2 aromatic rings. The molecule has 3 aliphatic rings. The van der Waals surface area contributed by atoms with Crippen LogP contribution >= 0.6 is 11.8 Å². The molecule has 0 N–H and O–H groups in total. The summed E-state index contributed by atoms with van der Waals surface area (Å²) in [5, 5.41) is 5.73. The van der Waals surface area contributed by atoms with E-state index in [4.69, 9.17) is 4.74 Å². The van der Waals surface area contributed by atoms with Gasteiger partial charge in [0.15, 0.2) is 11.5 Å². The summed E-state index contributed by atoms with van der Waals surface area (Å²) < 4.78 is 5.41. The normalized spacial score (nSPS) is 22.0. The third-order valence-electron chi connectivity index (χ3n) is 5.52. The second-order valence-corrected chi connectivity index (χ2v) is 8.66. The Labute approximate surface area is 177 Å². The minimum atomic E-state index is -1.12. The molecule has 0 radical (unpaired) electrons. The van der Waals surface area contributed by atoms with Crippen LogP contribution in [0.1, 0.15) is 24.8 Å². The fourth-order valence-corrected chi connectivity index (χ4v) is 5.47. The highest BCUT2D eigenvalue weighted by molar-refractivity contribution is 8.02. The Hall–Kier alpha value is -3.13. The number of hydrogen-bond acceptors (Lipinski definition) is 6. The third kappa shape index (κ3) is 2.99. The number of thioether (sulfide) groups is 1. The molecule has 0 bridgehead atoms. The Morgan fingerprint density at radius 1 is 1.07 bits per heavy atom. The summed E-state index contributed by atoms with van der Waals surface area (Å²) in [6, 6.07) is 17.1. The van der Waals surface area contributed by atoms with E-state index in [1.807, 2.05) is 54.6 Å². The standard InChI is InChI=1S/C22H19N3O4S/c26-19-10-12-22(25(19)17-8-4-5-9-18(17)30-22)21(28)29-14-20(27)24-13-11-16(23-24)15-6-2-1-3-7-15/h1-9H,10-14H2/t22-/m0/s1.